The molecule has 1 fully saturated rings. The van der Waals surface area contributed by atoms with Crippen molar-refractivity contribution in [2.75, 3.05) is 12.3 Å². The first-order valence-electron chi connectivity index (χ1n) is 5.88. The zero-order valence-electron chi connectivity index (χ0n) is 9.42. The van der Waals surface area contributed by atoms with Crippen LogP contribution >= 0.6 is 12.6 Å². The van der Waals surface area contributed by atoms with E-state index in [-0.39, 0.29) is 0 Å². The van der Waals surface area contributed by atoms with Gasteiger partial charge in [0.1, 0.15) is 0 Å². The summed E-state index contributed by atoms with van der Waals surface area (Å²) < 4.78 is 0. The second-order valence-electron chi connectivity index (χ2n) is 4.32. The molecule has 1 aliphatic rings. The molecule has 2 N–H and O–H groups in total. The molecule has 1 aliphatic heterocycles. The summed E-state index contributed by atoms with van der Waals surface area (Å²) in [5, 5.41) is 7.31. The number of hydrogen-bond acceptors (Lipinski definition) is 3. The van der Waals surface area contributed by atoms with Crippen LogP contribution in [0.15, 0.2) is 0 Å². The summed E-state index contributed by atoms with van der Waals surface area (Å²) in [6.45, 7) is 5.64. The van der Waals surface area contributed by atoms with Gasteiger partial charge in [0.2, 0.25) is 0 Å². The number of thiol groups is 1. The molecule has 0 bridgehead atoms. The van der Waals surface area contributed by atoms with Crippen molar-refractivity contribution in [3.63, 3.8) is 0 Å². The molecule has 3 atom stereocenters. The largest absolute Gasteiger partial charge is 0.311 e. The average molecular weight is 216 g/mol. The normalized spacial score (nSPS) is 33.2. The van der Waals surface area contributed by atoms with Crippen LogP contribution in [0, 0.1) is 0 Å². The lowest BCUT2D eigenvalue weighted by molar-refractivity contribution is 0.261. The van der Waals surface area contributed by atoms with Gasteiger partial charge < -0.3 is 10.6 Å². The van der Waals surface area contributed by atoms with Crippen molar-refractivity contribution in [3.8, 4) is 0 Å². The van der Waals surface area contributed by atoms with E-state index in [2.05, 4.69) is 37.1 Å². The number of piperazine rings is 1. The van der Waals surface area contributed by atoms with Crippen LogP contribution in [-0.4, -0.2) is 30.4 Å². The van der Waals surface area contributed by atoms with E-state index in [1.807, 2.05) is 0 Å². The second-order valence-corrected chi connectivity index (χ2v) is 4.77. The summed E-state index contributed by atoms with van der Waals surface area (Å²) in [4.78, 5) is 0. The van der Waals surface area contributed by atoms with Crippen molar-refractivity contribution >= 4 is 12.6 Å². The van der Waals surface area contributed by atoms with Crippen molar-refractivity contribution in [1.29, 1.82) is 0 Å². The van der Waals surface area contributed by atoms with Gasteiger partial charge in [-0.25, -0.2) is 0 Å². The lowest BCUT2D eigenvalue weighted by Crippen LogP contribution is -2.59. The molecule has 0 unspecified atom stereocenters. The fourth-order valence-electron chi connectivity index (χ4n) is 2.08. The molecule has 84 valence electrons. The summed E-state index contributed by atoms with van der Waals surface area (Å²) >= 11 is 4.29. The molecular formula is C11H24N2S. The third-order valence-electron chi connectivity index (χ3n) is 3.09. The Hall–Kier alpha value is 0.270. The highest BCUT2D eigenvalue weighted by Gasteiger charge is 2.24. The van der Waals surface area contributed by atoms with Crippen LogP contribution < -0.4 is 10.6 Å². The SMILES string of the molecule is CCCC[C@@H]1N[C@H](CCS)CN[C@H]1C. The summed E-state index contributed by atoms with van der Waals surface area (Å²) in [5.74, 6) is 0.980. The van der Waals surface area contributed by atoms with Crippen LogP contribution in [0.2, 0.25) is 0 Å². The molecule has 0 aromatic rings. The smallest absolute Gasteiger partial charge is 0.0221 e. The van der Waals surface area contributed by atoms with Gasteiger partial charge in [-0.3, -0.25) is 0 Å². The summed E-state index contributed by atoms with van der Waals surface area (Å²) in [6, 6.07) is 1.91. The van der Waals surface area contributed by atoms with Gasteiger partial charge in [0.05, 0.1) is 0 Å². The third kappa shape index (κ3) is 3.79. The van der Waals surface area contributed by atoms with E-state index in [1.165, 1.54) is 25.7 Å². The van der Waals surface area contributed by atoms with Crippen LogP contribution in [0.3, 0.4) is 0 Å². The Morgan fingerprint density at radius 2 is 2.14 bits per heavy atom. The fraction of sp³-hybridized carbons (Fsp3) is 1.00. The Morgan fingerprint density at radius 3 is 2.79 bits per heavy atom. The van der Waals surface area contributed by atoms with Gasteiger partial charge in [-0.05, 0) is 25.5 Å². The van der Waals surface area contributed by atoms with E-state index in [4.69, 9.17) is 0 Å². The molecule has 0 aromatic carbocycles. The predicted octanol–water partition coefficient (Wildman–Crippen LogP) is 1.81. The highest BCUT2D eigenvalue weighted by Crippen LogP contribution is 2.11. The molecule has 0 aliphatic carbocycles. The topological polar surface area (TPSA) is 24.1 Å². The molecule has 0 amide bonds. The molecule has 2 nitrogen and oxygen atoms in total. The van der Waals surface area contributed by atoms with Gasteiger partial charge in [0.25, 0.3) is 0 Å². The minimum absolute atomic E-state index is 0.623. The van der Waals surface area contributed by atoms with Crippen molar-refractivity contribution < 1.29 is 0 Å². The van der Waals surface area contributed by atoms with Crippen LogP contribution in [0.4, 0.5) is 0 Å². The fourth-order valence-corrected chi connectivity index (χ4v) is 2.39. The number of unbranched alkanes of at least 4 members (excludes halogenated alkanes) is 1. The highest BCUT2D eigenvalue weighted by molar-refractivity contribution is 7.80. The quantitative estimate of drug-likeness (QED) is 0.611. The molecule has 0 aromatic heterocycles. The summed E-state index contributed by atoms with van der Waals surface area (Å²) in [5.41, 5.74) is 0. The molecule has 1 heterocycles. The van der Waals surface area contributed by atoms with Crippen molar-refractivity contribution in [2.24, 2.45) is 0 Å². The van der Waals surface area contributed by atoms with E-state index < -0.39 is 0 Å². The minimum Gasteiger partial charge on any atom is -0.311 e. The Labute approximate surface area is 93.6 Å². The van der Waals surface area contributed by atoms with Crippen molar-refractivity contribution in [2.45, 2.75) is 57.7 Å². The minimum atomic E-state index is 0.623. The van der Waals surface area contributed by atoms with Gasteiger partial charge >= 0.3 is 0 Å². The first-order valence-corrected chi connectivity index (χ1v) is 6.51. The molecule has 3 heteroatoms. The zero-order chi connectivity index (χ0) is 10.4. The molecular weight excluding hydrogens is 192 g/mol. The Kier molecular flexibility index (Phi) is 5.90. The highest BCUT2D eigenvalue weighted by atomic mass is 32.1. The standard InChI is InChI=1S/C11H24N2S/c1-3-4-5-11-9(2)12-8-10(13-11)6-7-14/h9-14H,3-8H2,1-2H3/t9-,10+,11-/m0/s1. The Bertz CT molecular complexity index is 152. The van der Waals surface area contributed by atoms with Gasteiger partial charge in [-0.15, -0.1) is 0 Å². The maximum Gasteiger partial charge on any atom is 0.0221 e. The lowest BCUT2D eigenvalue weighted by atomic mass is 9.98. The van der Waals surface area contributed by atoms with E-state index >= 15 is 0 Å². The molecule has 1 saturated heterocycles. The zero-order valence-corrected chi connectivity index (χ0v) is 10.3. The Morgan fingerprint density at radius 1 is 1.36 bits per heavy atom. The van der Waals surface area contributed by atoms with Gasteiger partial charge in [0.15, 0.2) is 0 Å². The molecule has 14 heavy (non-hydrogen) atoms. The first kappa shape index (κ1) is 12.3. The van der Waals surface area contributed by atoms with E-state index in [0.717, 1.165) is 12.3 Å². The van der Waals surface area contributed by atoms with Crippen molar-refractivity contribution in [3.05, 3.63) is 0 Å². The average Bonchev–Trinajstić information content (AvgIpc) is 2.19. The molecule has 0 spiro atoms. The molecule has 0 radical (unpaired) electrons. The maximum atomic E-state index is 4.29. The van der Waals surface area contributed by atoms with Crippen LogP contribution in [0.25, 0.3) is 0 Å². The number of rotatable bonds is 5. The molecule has 1 rings (SSSR count). The van der Waals surface area contributed by atoms with Crippen LogP contribution in [0.1, 0.15) is 39.5 Å². The summed E-state index contributed by atoms with van der Waals surface area (Å²) in [6.07, 6.45) is 5.10. The van der Waals surface area contributed by atoms with Gasteiger partial charge in [0, 0.05) is 24.7 Å². The van der Waals surface area contributed by atoms with Crippen LogP contribution in [-0.2, 0) is 0 Å². The first-order chi connectivity index (χ1) is 6.77. The van der Waals surface area contributed by atoms with Gasteiger partial charge in [-0.2, -0.15) is 12.6 Å². The number of nitrogens with one attached hydrogen (secondary N) is 2. The third-order valence-corrected chi connectivity index (χ3v) is 3.34. The van der Waals surface area contributed by atoms with E-state index in [1.54, 1.807) is 0 Å². The maximum absolute atomic E-state index is 4.29. The van der Waals surface area contributed by atoms with Crippen molar-refractivity contribution in [1.82, 2.24) is 10.6 Å². The van der Waals surface area contributed by atoms with E-state index in [9.17, 15) is 0 Å². The monoisotopic (exact) mass is 216 g/mol. The van der Waals surface area contributed by atoms with Crippen LogP contribution in [0.5, 0.6) is 0 Å². The van der Waals surface area contributed by atoms with Gasteiger partial charge in [-0.1, -0.05) is 19.8 Å². The predicted molar refractivity (Wildman–Crippen MR) is 66.2 cm³/mol. The lowest BCUT2D eigenvalue weighted by Gasteiger charge is -2.37. The Balaban J connectivity index is 2.30. The summed E-state index contributed by atoms with van der Waals surface area (Å²) in [7, 11) is 0. The molecule has 0 saturated carbocycles. The van der Waals surface area contributed by atoms with E-state index in [0.29, 0.717) is 18.1 Å². The second kappa shape index (κ2) is 6.70. The number of hydrogen-bond donors (Lipinski definition) is 3.